The molecule has 0 aliphatic heterocycles. The largest absolute Gasteiger partial charge is 0.493 e. The molecule has 1 aliphatic rings. The Kier molecular flexibility index (Phi) is 4.62. The second-order valence-electron chi connectivity index (χ2n) is 7.13. The normalized spacial score (nSPS) is 15.2. The summed E-state index contributed by atoms with van der Waals surface area (Å²) in [7, 11) is 0. The van der Waals surface area contributed by atoms with Gasteiger partial charge in [0.25, 0.3) is 0 Å². The number of aromatic hydroxyl groups is 1. The van der Waals surface area contributed by atoms with E-state index in [1.807, 2.05) is 30.3 Å². The number of halogens is 1. The minimum atomic E-state index is -0.483. The van der Waals surface area contributed by atoms with E-state index < -0.39 is 5.69 Å². The van der Waals surface area contributed by atoms with Crippen molar-refractivity contribution in [2.75, 3.05) is 5.32 Å². The lowest BCUT2D eigenvalue weighted by Crippen LogP contribution is -2.20. The van der Waals surface area contributed by atoms with Gasteiger partial charge in [0.15, 0.2) is 11.1 Å². The van der Waals surface area contributed by atoms with Crippen LogP contribution >= 0.6 is 15.9 Å². The smallest absolute Gasteiger partial charge is 0.326 e. The highest BCUT2D eigenvalue weighted by molar-refractivity contribution is 9.10. The first kappa shape index (κ1) is 18.6. The molecule has 0 amide bonds. The van der Waals surface area contributed by atoms with Gasteiger partial charge < -0.3 is 15.4 Å². The van der Waals surface area contributed by atoms with E-state index in [4.69, 9.17) is 9.98 Å². The summed E-state index contributed by atoms with van der Waals surface area (Å²) in [6.07, 6.45) is 5.40. The standard InChI is InChI=1S/C20H18BrN7O2/c21-14-4-2-1-3-11(14)9-22-16-8-17(24-13-5-6-13)28-18(26-16)12(10-23-28)7-15-19(29)27-20(30)25-15/h1-4,7-8,10,13,22,29H,5-6,9H2,(H2,25,27,30)/b12-7+,24-17?. The summed E-state index contributed by atoms with van der Waals surface area (Å²) in [5, 5.41) is 18.3. The van der Waals surface area contributed by atoms with E-state index in [2.05, 4.69) is 36.3 Å². The third-order valence-corrected chi connectivity index (χ3v) is 5.57. The maximum atomic E-state index is 11.4. The topological polar surface area (TPSA) is 123 Å². The SMILES string of the molecule is O=c1[nH]c(O)c(/C=c2\cnn3c(=NC4CC4)cc(NCc4ccccc4Br)nc23)[nH]1. The van der Waals surface area contributed by atoms with E-state index >= 15 is 0 Å². The monoisotopic (exact) mass is 467 g/mol. The van der Waals surface area contributed by atoms with Crippen molar-refractivity contribution in [1.82, 2.24) is 24.6 Å². The summed E-state index contributed by atoms with van der Waals surface area (Å²) in [5.74, 6) is 0.435. The lowest BCUT2D eigenvalue weighted by molar-refractivity contribution is 0.454. The first-order valence-corrected chi connectivity index (χ1v) is 10.3. The van der Waals surface area contributed by atoms with Gasteiger partial charge in [-0.15, -0.1) is 0 Å². The molecule has 1 aromatic carbocycles. The molecule has 3 heterocycles. The molecular weight excluding hydrogens is 450 g/mol. The van der Waals surface area contributed by atoms with Crippen LogP contribution in [0.1, 0.15) is 24.1 Å². The fourth-order valence-corrected chi connectivity index (χ4v) is 3.54. The number of hydrogen-bond acceptors (Lipinski definition) is 6. The molecule has 10 heteroatoms. The van der Waals surface area contributed by atoms with Crippen LogP contribution in [-0.4, -0.2) is 35.7 Å². The van der Waals surface area contributed by atoms with Crippen LogP contribution in [-0.2, 0) is 6.54 Å². The second-order valence-corrected chi connectivity index (χ2v) is 7.98. The van der Waals surface area contributed by atoms with Gasteiger partial charge in [0.1, 0.15) is 11.5 Å². The quantitative estimate of drug-likeness (QED) is 0.353. The molecule has 0 unspecified atom stereocenters. The summed E-state index contributed by atoms with van der Waals surface area (Å²) in [4.78, 5) is 25.7. The molecule has 4 N–H and O–H groups in total. The summed E-state index contributed by atoms with van der Waals surface area (Å²) in [6, 6.07) is 10.2. The van der Waals surface area contributed by atoms with Crippen LogP contribution in [0.25, 0.3) is 11.7 Å². The molecule has 0 atom stereocenters. The van der Waals surface area contributed by atoms with Crippen LogP contribution in [0, 0.1) is 0 Å². The number of aromatic amines is 2. The summed E-state index contributed by atoms with van der Waals surface area (Å²) in [5.41, 5.74) is 2.18. The predicted octanol–water partition coefficient (Wildman–Crippen LogP) is 1.44. The van der Waals surface area contributed by atoms with E-state index in [1.54, 1.807) is 16.8 Å². The van der Waals surface area contributed by atoms with Crippen LogP contribution in [0.2, 0.25) is 0 Å². The Balaban J connectivity index is 1.60. The van der Waals surface area contributed by atoms with Gasteiger partial charge in [-0.2, -0.15) is 9.61 Å². The summed E-state index contributed by atoms with van der Waals surface area (Å²) >= 11 is 3.56. The first-order valence-electron chi connectivity index (χ1n) is 9.50. The number of rotatable bonds is 5. The zero-order chi connectivity index (χ0) is 20.7. The molecule has 1 aliphatic carbocycles. The molecule has 0 saturated heterocycles. The van der Waals surface area contributed by atoms with Crippen molar-refractivity contribution < 1.29 is 5.11 Å². The Labute approximate surface area is 178 Å². The number of imidazole rings is 1. The number of aromatic nitrogens is 5. The Bertz CT molecular complexity index is 1420. The zero-order valence-electron chi connectivity index (χ0n) is 15.8. The number of hydrogen-bond donors (Lipinski definition) is 4. The highest BCUT2D eigenvalue weighted by Crippen LogP contribution is 2.22. The van der Waals surface area contributed by atoms with Gasteiger partial charge in [0, 0.05) is 22.3 Å². The van der Waals surface area contributed by atoms with Gasteiger partial charge in [-0.3, -0.25) is 9.98 Å². The Morgan fingerprint density at radius 3 is 2.90 bits per heavy atom. The third kappa shape index (κ3) is 3.73. The van der Waals surface area contributed by atoms with Crippen molar-refractivity contribution >= 4 is 33.5 Å². The Morgan fingerprint density at radius 2 is 2.17 bits per heavy atom. The Morgan fingerprint density at radius 1 is 1.33 bits per heavy atom. The van der Waals surface area contributed by atoms with E-state index in [9.17, 15) is 9.90 Å². The van der Waals surface area contributed by atoms with Crippen molar-refractivity contribution in [1.29, 1.82) is 0 Å². The molecule has 0 spiro atoms. The average Bonchev–Trinajstić information content (AvgIpc) is 3.36. The van der Waals surface area contributed by atoms with Crippen LogP contribution in [0.3, 0.4) is 0 Å². The van der Waals surface area contributed by atoms with E-state index in [1.165, 1.54) is 0 Å². The minimum absolute atomic E-state index is 0.231. The van der Waals surface area contributed by atoms with Gasteiger partial charge in [-0.05, 0) is 30.5 Å². The highest BCUT2D eigenvalue weighted by Gasteiger charge is 2.20. The molecule has 30 heavy (non-hydrogen) atoms. The van der Waals surface area contributed by atoms with Crippen LogP contribution in [0.5, 0.6) is 5.88 Å². The lowest BCUT2D eigenvalue weighted by atomic mass is 10.2. The second kappa shape index (κ2) is 7.45. The lowest BCUT2D eigenvalue weighted by Gasteiger charge is -2.08. The molecule has 1 saturated carbocycles. The van der Waals surface area contributed by atoms with Crippen molar-refractivity contribution in [3.05, 3.63) is 73.4 Å². The number of anilines is 1. The summed E-state index contributed by atoms with van der Waals surface area (Å²) in [6.45, 7) is 0.590. The zero-order valence-corrected chi connectivity index (χ0v) is 17.3. The molecule has 3 aromatic heterocycles. The molecule has 5 rings (SSSR count). The number of fused-ring (bicyclic) bond motifs is 1. The molecule has 9 nitrogen and oxygen atoms in total. The van der Waals surface area contributed by atoms with E-state index in [-0.39, 0.29) is 11.6 Å². The number of benzene rings is 1. The van der Waals surface area contributed by atoms with Gasteiger partial charge in [0.2, 0.25) is 5.88 Å². The van der Waals surface area contributed by atoms with Crippen molar-refractivity contribution in [3.8, 4) is 5.88 Å². The van der Waals surface area contributed by atoms with E-state index in [0.717, 1.165) is 22.9 Å². The number of nitrogens with zero attached hydrogens (tertiary/aromatic N) is 4. The first-order chi connectivity index (χ1) is 14.6. The number of H-pyrrole nitrogens is 2. The number of nitrogens with one attached hydrogen (secondary N) is 3. The Hall–Kier alpha value is -3.40. The van der Waals surface area contributed by atoms with Gasteiger partial charge in [-0.25, -0.2) is 9.78 Å². The molecule has 152 valence electrons. The molecular formula is C20H18BrN7O2. The predicted molar refractivity (Wildman–Crippen MR) is 115 cm³/mol. The molecule has 0 radical (unpaired) electrons. The molecule has 0 bridgehead atoms. The molecule has 4 aromatic rings. The minimum Gasteiger partial charge on any atom is -0.493 e. The van der Waals surface area contributed by atoms with Gasteiger partial charge in [0.05, 0.1) is 12.2 Å². The molecule has 1 fully saturated rings. The van der Waals surface area contributed by atoms with Crippen molar-refractivity contribution in [2.24, 2.45) is 4.99 Å². The fraction of sp³-hybridized carbons (Fsp3) is 0.200. The van der Waals surface area contributed by atoms with Crippen LogP contribution < -0.4 is 21.7 Å². The van der Waals surface area contributed by atoms with Gasteiger partial charge >= 0.3 is 5.69 Å². The average molecular weight is 468 g/mol. The van der Waals surface area contributed by atoms with Crippen LogP contribution in [0.15, 0.2) is 50.8 Å². The maximum absolute atomic E-state index is 11.4. The summed E-state index contributed by atoms with van der Waals surface area (Å²) < 4.78 is 2.70. The van der Waals surface area contributed by atoms with Crippen LogP contribution in [0.4, 0.5) is 5.82 Å². The van der Waals surface area contributed by atoms with Crippen molar-refractivity contribution in [3.63, 3.8) is 0 Å². The third-order valence-electron chi connectivity index (χ3n) is 4.79. The highest BCUT2D eigenvalue weighted by atomic mass is 79.9. The van der Waals surface area contributed by atoms with Crippen molar-refractivity contribution in [2.45, 2.75) is 25.4 Å². The fourth-order valence-electron chi connectivity index (χ4n) is 3.11. The van der Waals surface area contributed by atoms with E-state index in [0.29, 0.717) is 34.8 Å². The van der Waals surface area contributed by atoms with Gasteiger partial charge in [-0.1, -0.05) is 34.1 Å². The maximum Gasteiger partial charge on any atom is 0.326 e.